The number of fused-ring (bicyclic) bond motifs is 13. The first kappa shape index (κ1) is 34.8. The standard InChI is InChI=1S/C55H34NO3PS/c57-60(38-17-2-1-3-18-38)51-27-12-5-20-41(51)55(44-33-40-39-19-4-9-24-47(39)58-50(40)34-52(44)60)42-21-6-13-28-53(42)61-54-32-36(29-30-43(54)55)35-15-14-16-37(31-35)56-45-22-7-10-25-48(45)59-49-26-11-8-23-46(49)56/h1-34H. The molecule has 288 valence electrons. The fourth-order valence-corrected chi connectivity index (χ4v) is 14.6. The zero-order valence-corrected chi connectivity index (χ0v) is 34.4. The van der Waals surface area contributed by atoms with Gasteiger partial charge in [-0.25, -0.2) is 0 Å². The average Bonchev–Trinajstić information content (AvgIpc) is 3.69. The lowest BCUT2D eigenvalue weighted by Gasteiger charge is -2.47. The molecule has 2 atom stereocenters. The topological polar surface area (TPSA) is 42.7 Å². The molecule has 0 amide bonds. The van der Waals surface area contributed by atoms with Crippen molar-refractivity contribution in [2.75, 3.05) is 4.90 Å². The van der Waals surface area contributed by atoms with E-state index >= 15 is 4.57 Å². The Bertz CT molecular complexity index is 3460. The summed E-state index contributed by atoms with van der Waals surface area (Å²) in [6, 6.07) is 72.1. The molecule has 2 unspecified atom stereocenters. The number of para-hydroxylation sites is 5. The molecule has 0 aliphatic carbocycles. The third kappa shape index (κ3) is 4.82. The van der Waals surface area contributed by atoms with Crippen LogP contribution in [-0.4, -0.2) is 0 Å². The highest BCUT2D eigenvalue weighted by molar-refractivity contribution is 7.99. The molecule has 3 aliphatic rings. The van der Waals surface area contributed by atoms with E-state index in [0.29, 0.717) is 0 Å². The van der Waals surface area contributed by atoms with Gasteiger partial charge in [-0.3, -0.25) is 0 Å². The van der Waals surface area contributed by atoms with Crippen LogP contribution in [0, 0.1) is 0 Å². The maximum Gasteiger partial charge on any atom is 0.171 e. The van der Waals surface area contributed by atoms with Crippen LogP contribution in [0.15, 0.2) is 220 Å². The number of benzene rings is 9. The Hall–Kier alpha value is -7.04. The summed E-state index contributed by atoms with van der Waals surface area (Å²) in [7, 11) is -3.41. The van der Waals surface area contributed by atoms with E-state index in [9.17, 15) is 0 Å². The maximum absolute atomic E-state index is 16.5. The van der Waals surface area contributed by atoms with E-state index in [1.165, 1.54) is 16.0 Å². The molecule has 1 spiro atoms. The molecule has 0 N–H and O–H groups in total. The lowest BCUT2D eigenvalue weighted by atomic mass is 9.64. The normalized spacial score (nSPS) is 18.1. The SMILES string of the molecule is O=P1(c2ccccc2)c2ccccc2C2(c3ccccc3Sc3cc(-c4cccc(N5c6ccccc6Oc6ccccc65)c4)ccc32)c2cc3c(cc21)oc1ccccc13. The monoisotopic (exact) mass is 819 g/mol. The fraction of sp³-hybridized carbons (Fsp3) is 0.0182. The second-order valence-electron chi connectivity index (χ2n) is 15.9. The molecular formula is C55H34NO3PS. The second kappa shape index (κ2) is 13.0. The van der Waals surface area contributed by atoms with Crippen molar-refractivity contribution in [2.24, 2.45) is 0 Å². The van der Waals surface area contributed by atoms with Crippen molar-refractivity contribution < 1.29 is 13.7 Å². The Kier molecular flexibility index (Phi) is 7.40. The summed E-state index contributed by atoms with van der Waals surface area (Å²) in [5, 5.41) is 4.56. The van der Waals surface area contributed by atoms with Crippen molar-refractivity contribution in [3.63, 3.8) is 0 Å². The van der Waals surface area contributed by atoms with Crippen LogP contribution >= 0.6 is 18.9 Å². The van der Waals surface area contributed by atoms with Crippen LogP contribution < -0.4 is 25.6 Å². The van der Waals surface area contributed by atoms with Gasteiger partial charge in [0.2, 0.25) is 0 Å². The number of anilines is 3. The minimum atomic E-state index is -3.41. The Morgan fingerprint density at radius 3 is 1.97 bits per heavy atom. The molecule has 10 aromatic rings. The fourth-order valence-electron chi connectivity index (χ4n) is 10.2. The number of hydrogen-bond donors (Lipinski definition) is 0. The van der Waals surface area contributed by atoms with Gasteiger partial charge in [0, 0.05) is 42.2 Å². The van der Waals surface area contributed by atoms with Gasteiger partial charge in [0.25, 0.3) is 0 Å². The molecule has 0 saturated heterocycles. The number of furan rings is 1. The van der Waals surface area contributed by atoms with Crippen molar-refractivity contribution >= 4 is 73.8 Å². The summed E-state index contributed by atoms with van der Waals surface area (Å²) in [6.07, 6.45) is 0. The summed E-state index contributed by atoms with van der Waals surface area (Å²) < 4.78 is 29.4. The third-order valence-electron chi connectivity index (χ3n) is 12.8. The van der Waals surface area contributed by atoms with E-state index in [1.807, 2.05) is 84.6 Å². The molecule has 61 heavy (non-hydrogen) atoms. The summed E-state index contributed by atoms with van der Waals surface area (Å²) in [6.45, 7) is 0. The molecule has 4 nitrogen and oxygen atoms in total. The average molecular weight is 820 g/mol. The van der Waals surface area contributed by atoms with Crippen molar-refractivity contribution in [1.82, 2.24) is 0 Å². The second-order valence-corrected chi connectivity index (χ2v) is 19.7. The largest absolute Gasteiger partial charge is 0.456 e. The van der Waals surface area contributed by atoms with E-state index in [0.717, 1.165) is 93.6 Å². The van der Waals surface area contributed by atoms with Gasteiger partial charge in [0.15, 0.2) is 18.6 Å². The van der Waals surface area contributed by atoms with Crippen molar-refractivity contribution in [2.45, 2.75) is 15.2 Å². The molecule has 9 aromatic carbocycles. The van der Waals surface area contributed by atoms with E-state index in [2.05, 4.69) is 138 Å². The Morgan fingerprint density at radius 2 is 1.13 bits per heavy atom. The van der Waals surface area contributed by atoms with Gasteiger partial charge in [-0.2, -0.15) is 0 Å². The molecular weight excluding hydrogens is 786 g/mol. The molecule has 0 saturated carbocycles. The summed E-state index contributed by atoms with van der Waals surface area (Å²) in [4.78, 5) is 4.63. The number of rotatable bonds is 3. The van der Waals surface area contributed by atoms with Gasteiger partial charge in [-0.1, -0.05) is 151 Å². The van der Waals surface area contributed by atoms with Crippen LogP contribution in [0.4, 0.5) is 17.1 Å². The summed E-state index contributed by atoms with van der Waals surface area (Å²) in [5.41, 5.74) is 10.5. The predicted molar refractivity (Wildman–Crippen MR) is 249 cm³/mol. The minimum absolute atomic E-state index is 0.741. The number of hydrogen-bond acceptors (Lipinski definition) is 5. The van der Waals surface area contributed by atoms with E-state index in [4.69, 9.17) is 9.15 Å². The highest BCUT2D eigenvalue weighted by Gasteiger charge is 2.54. The lowest BCUT2D eigenvalue weighted by molar-refractivity contribution is 0.477. The van der Waals surface area contributed by atoms with Gasteiger partial charge in [0.05, 0.1) is 16.8 Å². The van der Waals surface area contributed by atoms with Crippen LogP contribution in [-0.2, 0) is 9.98 Å². The van der Waals surface area contributed by atoms with Crippen molar-refractivity contribution in [3.05, 3.63) is 229 Å². The first-order valence-corrected chi connectivity index (χ1v) is 23.0. The third-order valence-corrected chi connectivity index (χ3v) is 17.0. The van der Waals surface area contributed by atoms with Gasteiger partial charge in [-0.05, 0) is 100 Å². The molecule has 6 heteroatoms. The molecule has 1 aromatic heterocycles. The first-order chi connectivity index (χ1) is 30.1. The Labute approximate surface area is 357 Å². The maximum atomic E-state index is 16.5. The van der Waals surface area contributed by atoms with Gasteiger partial charge >= 0.3 is 0 Å². The van der Waals surface area contributed by atoms with Crippen LogP contribution in [0.5, 0.6) is 11.5 Å². The molecule has 0 bridgehead atoms. The highest BCUT2D eigenvalue weighted by atomic mass is 32.2. The van der Waals surface area contributed by atoms with E-state index in [-0.39, 0.29) is 0 Å². The zero-order valence-electron chi connectivity index (χ0n) is 32.7. The number of nitrogens with zero attached hydrogens (tertiary/aromatic N) is 1. The molecule has 13 rings (SSSR count). The molecule has 0 radical (unpaired) electrons. The minimum Gasteiger partial charge on any atom is -0.456 e. The number of ether oxygens (including phenoxy) is 1. The highest BCUT2D eigenvalue weighted by Crippen LogP contribution is 2.62. The van der Waals surface area contributed by atoms with E-state index in [1.54, 1.807) is 0 Å². The van der Waals surface area contributed by atoms with Crippen LogP contribution in [0.2, 0.25) is 0 Å². The molecule has 0 fully saturated rings. The summed E-state index contributed by atoms with van der Waals surface area (Å²) >= 11 is 1.81. The predicted octanol–water partition coefficient (Wildman–Crippen LogP) is 13.6. The van der Waals surface area contributed by atoms with Gasteiger partial charge < -0.3 is 18.6 Å². The van der Waals surface area contributed by atoms with Crippen LogP contribution in [0.25, 0.3) is 33.1 Å². The van der Waals surface area contributed by atoms with Gasteiger partial charge in [0.1, 0.15) is 11.2 Å². The quantitative estimate of drug-likeness (QED) is 0.166. The summed E-state index contributed by atoms with van der Waals surface area (Å²) in [5.74, 6) is 1.65. The lowest BCUT2D eigenvalue weighted by Crippen LogP contribution is -2.48. The Morgan fingerprint density at radius 1 is 0.459 bits per heavy atom. The molecule has 3 aliphatic heterocycles. The van der Waals surface area contributed by atoms with Gasteiger partial charge in [-0.15, -0.1) is 0 Å². The smallest absolute Gasteiger partial charge is 0.171 e. The molecule has 4 heterocycles. The van der Waals surface area contributed by atoms with Crippen LogP contribution in [0.3, 0.4) is 0 Å². The zero-order chi connectivity index (χ0) is 40.3. The Balaban J connectivity index is 1.07. The van der Waals surface area contributed by atoms with Crippen molar-refractivity contribution in [3.8, 4) is 22.6 Å². The van der Waals surface area contributed by atoms with Crippen LogP contribution in [0.1, 0.15) is 22.3 Å². The van der Waals surface area contributed by atoms with Crippen molar-refractivity contribution in [1.29, 1.82) is 0 Å². The van der Waals surface area contributed by atoms with E-state index < -0.39 is 12.6 Å². The first-order valence-electron chi connectivity index (χ1n) is 20.5.